The number of fused-ring (bicyclic) bond motifs is 3. The lowest BCUT2D eigenvalue weighted by molar-refractivity contribution is -0.0732. The van der Waals surface area contributed by atoms with Gasteiger partial charge in [-0.15, -0.1) is 0 Å². The molecule has 0 radical (unpaired) electrons. The fourth-order valence-electron chi connectivity index (χ4n) is 4.94. The minimum absolute atomic E-state index is 0.225. The number of aliphatic hydroxyl groups is 1. The molecule has 1 N–H and O–H groups in total. The van der Waals surface area contributed by atoms with Crippen molar-refractivity contribution in [1.29, 1.82) is 0 Å². The van der Waals surface area contributed by atoms with E-state index in [2.05, 4.69) is 0 Å². The predicted octanol–water partition coefficient (Wildman–Crippen LogP) is 2.51. The number of benzene rings is 2. The third-order valence-electron chi connectivity index (χ3n) is 6.48. The van der Waals surface area contributed by atoms with Gasteiger partial charge in [-0.2, -0.15) is 0 Å². The van der Waals surface area contributed by atoms with Gasteiger partial charge in [0.05, 0.1) is 41.3 Å². The lowest BCUT2D eigenvalue weighted by Crippen LogP contribution is -2.57. The van der Waals surface area contributed by atoms with Gasteiger partial charge in [-0.05, 0) is 37.1 Å². The van der Waals surface area contributed by atoms with E-state index >= 15 is 4.39 Å². The second-order valence-corrected chi connectivity index (χ2v) is 13.0. The maximum Gasteiger partial charge on any atom is 0.189 e. The van der Waals surface area contributed by atoms with E-state index in [-0.39, 0.29) is 13.0 Å². The fraction of sp³-hybridized carbons (Fsp3) is 0.455. The molecule has 192 valence electrons. The number of halogens is 4. The van der Waals surface area contributed by atoms with E-state index in [9.17, 15) is 30.0 Å². The number of hydrogen-bond acceptors (Lipinski definition) is 7. The first kappa shape index (κ1) is 25.9. The Morgan fingerprint density at radius 1 is 0.971 bits per heavy atom. The largest absolute Gasteiger partial charge is 0.490 e. The van der Waals surface area contributed by atoms with Crippen LogP contribution in [0.2, 0.25) is 0 Å². The van der Waals surface area contributed by atoms with Gasteiger partial charge in [0.1, 0.15) is 22.2 Å². The van der Waals surface area contributed by atoms with Crippen molar-refractivity contribution in [2.24, 2.45) is 5.92 Å². The summed E-state index contributed by atoms with van der Waals surface area (Å²) in [6.07, 6.45) is -1.71. The Morgan fingerprint density at radius 3 is 2.29 bits per heavy atom. The number of aliphatic hydroxyl groups excluding tert-OH is 1. The molecule has 35 heavy (non-hydrogen) atoms. The second-order valence-electron chi connectivity index (χ2n) is 8.47. The van der Waals surface area contributed by atoms with Crippen molar-refractivity contribution in [3.05, 3.63) is 59.2 Å². The maximum absolute atomic E-state index is 15.3. The molecule has 0 saturated carbocycles. The third-order valence-corrected chi connectivity index (χ3v) is 10.7. The van der Waals surface area contributed by atoms with Crippen LogP contribution in [0.4, 0.5) is 17.6 Å². The van der Waals surface area contributed by atoms with Gasteiger partial charge in [-0.3, -0.25) is 0 Å². The molecule has 2 aliphatic rings. The quantitative estimate of drug-likeness (QED) is 0.540. The first-order valence-electron chi connectivity index (χ1n) is 10.7. The summed E-state index contributed by atoms with van der Waals surface area (Å²) >= 11 is 0. The van der Waals surface area contributed by atoms with E-state index in [1.54, 1.807) is 0 Å². The first-order valence-corrected chi connectivity index (χ1v) is 14.0. The normalized spacial score (nSPS) is 24.4. The van der Waals surface area contributed by atoms with E-state index in [4.69, 9.17) is 14.6 Å². The average Bonchev–Trinajstić information content (AvgIpc) is 2.78. The van der Waals surface area contributed by atoms with Crippen LogP contribution < -0.4 is 4.74 Å². The fourth-order valence-corrected chi connectivity index (χ4v) is 8.40. The van der Waals surface area contributed by atoms with Gasteiger partial charge < -0.3 is 14.6 Å². The molecule has 0 bridgehead atoms. The maximum atomic E-state index is 15.3. The van der Waals surface area contributed by atoms with Crippen LogP contribution in [0.25, 0.3) is 0 Å². The number of sulfone groups is 2. The Bertz CT molecular complexity index is 1330. The topological polar surface area (TPSA) is 107 Å². The van der Waals surface area contributed by atoms with E-state index in [0.29, 0.717) is 18.2 Å². The lowest BCUT2D eigenvalue weighted by atomic mass is 9.75. The molecule has 0 aliphatic carbocycles. The molecule has 2 aliphatic heterocycles. The van der Waals surface area contributed by atoms with Crippen molar-refractivity contribution in [1.82, 2.24) is 0 Å². The second kappa shape index (κ2) is 9.34. The molecule has 0 aromatic heterocycles. The predicted molar refractivity (Wildman–Crippen MR) is 115 cm³/mol. The molecule has 2 aromatic rings. The van der Waals surface area contributed by atoms with Gasteiger partial charge in [0, 0.05) is 18.6 Å². The van der Waals surface area contributed by atoms with Crippen molar-refractivity contribution >= 4 is 19.7 Å². The molecular formula is C22H22F4O7S2. The summed E-state index contributed by atoms with van der Waals surface area (Å²) < 4.78 is 119. The zero-order valence-electron chi connectivity index (χ0n) is 18.2. The molecule has 1 saturated heterocycles. The summed E-state index contributed by atoms with van der Waals surface area (Å²) in [6.45, 7) is -1.37. The molecule has 4 rings (SSSR count). The number of hydrogen-bond donors (Lipinski definition) is 1. The Labute approximate surface area is 199 Å². The van der Waals surface area contributed by atoms with E-state index in [1.807, 2.05) is 0 Å². The van der Waals surface area contributed by atoms with Crippen LogP contribution in [0.15, 0.2) is 35.2 Å². The standard InChI is InChI=1S/C22H22F4O7S2/c23-13-9-14(24)11-15(10-13)35(30,31)22-4-6-32-19(3-7-34(28,29)8-5-27)16(22)12-33-21-18(26)2-1-17(25)20(21)22/h1-2,9-11,16,19,27H,3-8,12H2/t16-,19-,22-/m0/s1. The van der Waals surface area contributed by atoms with Gasteiger partial charge in [-0.25, -0.2) is 34.4 Å². The van der Waals surface area contributed by atoms with Crippen molar-refractivity contribution in [3.8, 4) is 5.75 Å². The summed E-state index contributed by atoms with van der Waals surface area (Å²) in [4.78, 5) is -0.773. The van der Waals surface area contributed by atoms with E-state index in [1.165, 1.54) is 0 Å². The monoisotopic (exact) mass is 538 g/mol. The molecule has 0 amide bonds. The first-order chi connectivity index (χ1) is 16.4. The summed E-state index contributed by atoms with van der Waals surface area (Å²) in [5, 5.41) is 8.96. The smallest absolute Gasteiger partial charge is 0.189 e. The highest BCUT2D eigenvalue weighted by Crippen LogP contribution is 2.56. The molecular weight excluding hydrogens is 516 g/mol. The van der Waals surface area contributed by atoms with Crippen LogP contribution in [0.3, 0.4) is 0 Å². The SMILES string of the molecule is O=S(=O)(CCO)CC[C@@H]1OCC[C@@]2(S(=O)(=O)c3cc(F)cc(F)c3)c3c(F)ccc(F)c3OC[C@@H]12. The van der Waals surface area contributed by atoms with Gasteiger partial charge in [0.15, 0.2) is 31.2 Å². The molecule has 0 spiro atoms. The van der Waals surface area contributed by atoms with Crippen LogP contribution in [-0.4, -0.2) is 59.4 Å². The summed E-state index contributed by atoms with van der Waals surface area (Å²) in [5.41, 5.74) is -0.620. The van der Waals surface area contributed by atoms with Crippen molar-refractivity contribution in [2.75, 3.05) is 31.3 Å². The molecule has 3 atom stereocenters. The van der Waals surface area contributed by atoms with Gasteiger partial charge >= 0.3 is 0 Å². The van der Waals surface area contributed by atoms with Crippen molar-refractivity contribution in [2.45, 2.75) is 28.6 Å². The third kappa shape index (κ3) is 4.43. The van der Waals surface area contributed by atoms with Crippen molar-refractivity contribution in [3.63, 3.8) is 0 Å². The highest BCUT2D eigenvalue weighted by molar-refractivity contribution is 7.92. The van der Waals surface area contributed by atoms with Crippen LogP contribution in [-0.2, 0) is 29.2 Å². The Balaban J connectivity index is 1.91. The van der Waals surface area contributed by atoms with Crippen LogP contribution in [0, 0.1) is 29.2 Å². The van der Waals surface area contributed by atoms with Crippen LogP contribution in [0.1, 0.15) is 18.4 Å². The highest BCUT2D eigenvalue weighted by atomic mass is 32.2. The molecule has 1 fully saturated rings. The molecule has 13 heteroatoms. The zero-order valence-corrected chi connectivity index (χ0v) is 19.8. The Hall–Kier alpha value is -2.22. The van der Waals surface area contributed by atoms with Crippen LogP contribution in [0.5, 0.6) is 5.75 Å². The minimum atomic E-state index is -4.81. The van der Waals surface area contributed by atoms with Gasteiger partial charge in [0.2, 0.25) is 0 Å². The number of ether oxygens (including phenoxy) is 2. The molecule has 2 aromatic carbocycles. The van der Waals surface area contributed by atoms with E-state index in [0.717, 1.165) is 12.1 Å². The van der Waals surface area contributed by atoms with E-state index < -0.39 is 107 Å². The molecule has 2 heterocycles. The summed E-state index contributed by atoms with van der Waals surface area (Å²) in [6, 6.07) is 3.17. The average molecular weight is 539 g/mol. The zero-order chi connectivity index (χ0) is 25.6. The van der Waals surface area contributed by atoms with Gasteiger partial charge in [-0.1, -0.05) is 0 Å². The Morgan fingerprint density at radius 2 is 1.63 bits per heavy atom. The molecule has 0 unspecified atom stereocenters. The van der Waals surface area contributed by atoms with Crippen molar-refractivity contribution < 1.29 is 49.0 Å². The summed E-state index contributed by atoms with van der Waals surface area (Å²) in [5.74, 6) is -7.33. The van der Waals surface area contributed by atoms with Gasteiger partial charge in [0.25, 0.3) is 0 Å². The Kier molecular flexibility index (Phi) is 6.90. The molecule has 7 nitrogen and oxygen atoms in total. The number of rotatable bonds is 7. The highest BCUT2D eigenvalue weighted by Gasteiger charge is 2.61. The minimum Gasteiger partial charge on any atom is -0.490 e. The van der Waals surface area contributed by atoms with Crippen LogP contribution >= 0.6 is 0 Å². The lowest BCUT2D eigenvalue weighted by Gasteiger charge is -2.50. The summed E-state index contributed by atoms with van der Waals surface area (Å²) in [7, 11) is -8.53.